The molecule has 0 N–H and O–H groups in total. The number of para-hydroxylation sites is 1. The zero-order valence-corrected chi connectivity index (χ0v) is 56.9. The molecule has 2 aromatic heterocycles. The Labute approximate surface area is 533 Å². The Kier molecular flexibility index (Phi) is 11.9. The second-order valence-corrected chi connectivity index (χ2v) is 35.3. The highest BCUT2D eigenvalue weighted by Crippen LogP contribution is 2.58. The Morgan fingerprint density at radius 3 is 1.36 bits per heavy atom. The molecule has 4 aliphatic carbocycles. The Bertz CT molecular complexity index is 4610. The van der Waals surface area contributed by atoms with E-state index in [0.717, 1.165) is 42.7 Å². The molecular weight excluding hydrogens is 1100 g/mol. The van der Waals surface area contributed by atoms with Gasteiger partial charge in [-0.05, 0) is 235 Å². The van der Waals surface area contributed by atoms with Crippen LogP contribution in [0.25, 0.3) is 30.3 Å². The van der Waals surface area contributed by atoms with Crippen LogP contribution >= 0.6 is 22.7 Å². The standard InChI is InChI=1S/C82H88BN3S2/c1-75(2)32-34-77(5,6)59-40-50(27-30-57(59)75)85-66-47-63-62(80(11,12)37-38-81(63,13)14)46-65(66)83-72-67(85)42-53(84(49-22-18-17-19-23-49)52-26-29-55-54-24-20-21-25-69(54)87-70(55)44-52)43-68(72)86(51-28-31-58-60(41-51)78(7,8)35-33-76(58,3)4)73-56-45-61-64(48-71(56)88-74(73)83)82(15,16)39-36-79(61,9)10/h17-31,40-48H,32-39H2,1-16H3. The summed E-state index contributed by atoms with van der Waals surface area (Å²) in [6.45, 7) is 40.0. The first-order chi connectivity index (χ1) is 41.5. The Hall–Kier alpha value is -6.60. The van der Waals surface area contributed by atoms with E-state index in [-0.39, 0.29) is 50.0 Å². The summed E-state index contributed by atoms with van der Waals surface area (Å²) in [6, 6.07) is 59.0. The van der Waals surface area contributed by atoms with Crippen LogP contribution in [0.1, 0.15) is 207 Å². The van der Waals surface area contributed by atoms with E-state index >= 15 is 0 Å². The molecule has 6 aliphatic rings. The first kappa shape index (κ1) is 56.6. The third-order valence-electron chi connectivity index (χ3n) is 23.7. The van der Waals surface area contributed by atoms with E-state index in [4.69, 9.17) is 0 Å². The number of hydrogen-bond donors (Lipinski definition) is 0. The van der Waals surface area contributed by atoms with Crippen LogP contribution in [0, 0.1) is 0 Å². The van der Waals surface area contributed by atoms with Gasteiger partial charge in [0.15, 0.2) is 0 Å². The van der Waals surface area contributed by atoms with Gasteiger partial charge in [-0.15, -0.1) is 22.7 Å². The van der Waals surface area contributed by atoms with E-state index in [9.17, 15) is 0 Å². The molecule has 8 aromatic carbocycles. The lowest BCUT2D eigenvalue weighted by Crippen LogP contribution is -2.61. The molecule has 0 unspecified atom stereocenters. The molecule has 4 heterocycles. The van der Waals surface area contributed by atoms with Crippen molar-refractivity contribution in [3.8, 4) is 0 Å². The monoisotopic (exact) mass is 1190 g/mol. The van der Waals surface area contributed by atoms with Crippen molar-refractivity contribution in [2.24, 2.45) is 0 Å². The van der Waals surface area contributed by atoms with Gasteiger partial charge in [0, 0.05) is 74.8 Å². The number of thiophene rings is 2. The van der Waals surface area contributed by atoms with Crippen LogP contribution in [0.15, 0.2) is 146 Å². The second kappa shape index (κ2) is 18.5. The number of hydrogen-bond acceptors (Lipinski definition) is 5. The minimum atomic E-state index is -0.0285. The average molecular weight is 1190 g/mol. The molecule has 0 saturated heterocycles. The predicted molar refractivity (Wildman–Crippen MR) is 385 cm³/mol. The van der Waals surface area contributed by atoms with E-state index in [2.05, 4.69) is 282 Å². The van der Waals surface area contributed by atoms with E-state index in [0.29, 0.717) is 0 Å². The Balaban J connectivity index is 1.08. The van der Waals surface area contributed by atoms with E-state index in [1.165, 1.54) is 150 Å². The van der Waals surface area contributed by atoms with Crippen LogP contribution in [0.3, 0.4) is 0 Å². The molecule has 0 radical (unpaired) electrons. The van der Waals surface area contributed by atoms with Gasteiger partial charge in [-0.1, -0.05) is 171 Å². The van der Waals surface area contributed by atoms with Crippen molar-refractivity contribution in [2.75, 3.05) is 14.7 Å². The van der Waals surface area contributed by atoms with Gasteiger partial charge in [-0.3, -0.25) is 0 Å². The highest BCUT2D eigenvalue weighted by Gasteiger charge is 2.50. The van der Waals surface area contributed by atoms with Crippen molar-refractivity contribution in [2.45, 2.75) is 205 Å². The molecule has 88 heavy (non-hydrogen) atoms. The highest BCUT2D eigenvalue weighted by molar-refractivity contribution is 7.33. The molecule has 0 fully saturated rings. The van der Waals surface area contributed by atoms with Crippen molar-refractivity contribution in [1.29, 1.82) is 0 Å². The van der Waals surface area contributed by atoms with Gasteiger partial charge < -0.3 is 14.7 Å². The molecule has 2 aliphatic heterocycles. The van der Waals surface area contributed by atoms with Crippen molar-refractivity contribution in [3.05, 3.63) is 190 Å². The fourth-order valence-electron chi connectivity index (χ4n) is 17.6. The first-order valence-electron chi connectivity index (χ1n) is 33.2. The Morgan fingerprint density at radius 2 is 0.784 bits per heavy atom. The van der Waals surface area contributed by atoms with Gasteiger partial charge in [-0.2, -0.15) is 0 Å². The smallest absolute Gasteiger partial charge is 0.264 e. The maximum Gasteiger partial charge on any atom is 0.264 e. The lowest BCUT2D eigenvalue weighted by molar-refractivity contribution is 0.332. The summed E-state index contributed by atoms with van der Waals surface area (Å²) in [5.74, 6) is 0. The van der Waals surface area contributed by atoms with Crippen molar-refractivity contribution < 1.29 is 0 Å². The quantitative estimate of drug-likeness (QED) is 0.159. The molecule has 10 aromatic rings. The summed E-state index contributed by atoms with van der Waals surface area (Å²) in [7, 11) is 0. The topological polar surface area (TPSA) is 9.72 Å². The molecule has 0 amide bonds. The van der Waals surface area contributed by atoms with Crippen molar-refractivity contribution in [1.82, 2.24) is 0 Å². The first-order valence-corrected chi connectivity index (χ1v) is 34.8. The van der Waals surface area contributed by atoms with Gasteiger partial charge in [0.05, 0.1) is 11.4 Å². The summed E-state index contributed by atoms with van der Waals surface area (Å²) >= 11 is 4.00. The van der Waals surface area contributed by atoms with Crippen LogP contribution in [0.2, 0.25) is 0 Å². The molecule has 6 heteroatoms. The van der Waals surface area contributed by atoms with Crippen molar-refractivity contribution in [3.63, 3.8) is 0 Å². The molecular formula is C82H88BN3S2. The number of fused-ring (bicyclic) bond motifs is 13. The Morgan fingerprint density at radius 1 is 0.330 bits per heavy atom. The van der Waals surface area contributed by atoms with Crippen LogP contribution in [0.4, 0.5) is 51.2 Å². The third kappa shape index (κ3) is 8.24. The summed E-state index contributed by atoms with van der Waals surface area (Å²) in [5, 5.41) is 4.02. The fourth-order valence-corrected chi connectivity index (χ4v) is 20.0. The van der Waals surface area contributed by atoms with Gasteiger partial charge in [0.1, 0.15) is 0 Å². The highest BCUT2D eigenvalue weighted by atomic mass is 32.1. The second-order valence-electron chi connectivity index (χ2n) is 33.1. The van der Waals surface area contributed by atoms with Crippen LogP contribution in [-0.2, 0) is 43.3 Å². The number of anilines is 9. The van der Waals surface area contributed by atoms with Crippen LogP contribution in [0.5, 0.6) is 0 Å². The maximum absolute atomic E-state index is 2.81. The zero-order valence-electron chi connectivity index (χ0n) is 55.2. The van der Waals surface area contributed by atoms with E-state index in [1.54, 1.807) is 0 Å². The summed E-state index contributed by atoms with van der Waals surface area (Å²) in [4.78, 5) is 8.17. The van der Waals surface area contributed by atoms with Crippen LogP contribution in [-0.4, -0.2) is 6.71 Å². The molecule has 16 rings (SSSR count). The molecule has 0 spiro atoms. The predicted octanol–water partition coefficient (Wildman–Crippen LogP) is 22.2. The lowest BCUT2D eigenvalue weighted by Gasteiger charge is -2.48. The van der Waals surface area contributed by atoms with Crippen molar-refractivity contribution >= 4 is 127 Å². The van der Waals surface area contributed by atoms with E-state index in [1.807, 2.05) is 11.3 Å². The SMILES string of the molecule is CC1(C)CCC(C)(C)c2cc(N3c4cc5c(cc4B4c6sc7cc8c(cc7c6N(c6ccc7c(c6)C(C)(C)CCC7(C)C)c6cc(N(c7ccccc7)c7ccc9c(c7)sc7ccccc79)cc3c64)C(C)(C)CCC8(C)C)C(C)(C)CCC5(C)C)ccc21. The number of nitrogens with zero attached hydrogens (tertiary/aromatic N) is 3. The van der Waals surface area contributed by atoms with Gasteiger partial charge >= 0.3 is 0 Å². The summed E-state index contributed by atoms with van der Waals surface area (Å²) < 4.78 is 5.49. The van der Waals surface area contributed by atoms with Gasteiger partial charge in [0.25, 0.3) is 6.71 Å². The van der Waals surface area contributed by atoms with Crippen LogP contribution < -0.4 is 30.4 Å². The largest absolute Gasteiger partial charge is 0.311 e. The van der Waals surface area contributed by atoms with Gasteiger partial charge in [-0.25, -0.2) is 0 Å². The van der Waals surface area contributed by atoms with E-state index < -0.39 is 0 Å². The normalized spacial score (nSPS) is 20.6. The molecule has 0 bridgehead atoms. The molecule has 0 saturated carbocycles. The fraction of sp³-hybridized carbons (Fsp3) is 0.390. The van der Waals surface area contributed by atoms with Gasteiger partial charge in [0.2, 0.25) is 0 Å². The summed E-state index contributed by atoms with van der Waals surface area (Å²) in [6.07, 6.45) is 9.33. The lowest BCUT2D eigenvalue weighted by atomic mass is 9.35. The average Bonchev–Trinajstić information content (AvgIpc) is 1.20. The summed E-state index contributed by atoms with van der Waals surface area (Å²) in [5.41, 5.74) is 26.3. The molecule has 3 nitrogen and oxygen atoms in total. The number of benzene rings is 8. The number of rotatable bonds is 5. The molecule has 446 valence electrons. The third-order valence-corrected chi connectivity index (χ3v) is 26.0. The zero-order chi connectivity index (χ0) is 61.4. The minimum absolute atomic E-state index is 0.00431. The molecule has 0 atom stereocenters. The maximum atomic E-state index is 2.81. The minimum Gasteiger partial charge on any atom is -0.311 e.